The Morgan fingerprint density at radius 2 is 2.28 bits per heavy atom. The molecule has 4 rings (SSSR count). The second-order valence-corrected chi connectivity index (χ2v) is 7.50. The largest absolute Gasteiger partial charge is 0.371 e. The van der Waals surface area contributed by atoms with Crippen molar-refractivity contribution < 1.29 is 9.53 Å². The molecule has 0 spiro atoms. The maximum absolute atomic E-state index is 12.7. The summed E-state index contributed by atoms with van der Waals surface area (Å²) in [6.07, 6.45) is 3.51. The van der Waals surface area contributed by atoms with Gasteiger partial charge in [-0.3, -0.25) is 14.5 Å². The van der Waals surface area contributed by atoms with E-state index in [4.69, 9.17) is 27.9 Å². The van der Waals surface area contributed by atoms with Gasteiger partial charge in [-0.2, -0.15) is 0 Å². The molecule has 25 heavy (non-hydrogen) atoms. The van der Waals surface area contributed by atoms with Gasteiger partial charge in [-0.1, -0.05) is 34.5 Å². The summed E-state index contributed by atoms with van der Waals surface area (Å²) in [5.41, 5.74) is 1.38. The van der Waals surface area contributed by atoms with E-state index in [0.29, 0.717) is 32.2 Å². The number of amides is 1. The van der Waals surface area contributed by atoms with E-state index < -0.39 is 0 Å². The van der Waals surface area contributed by atoms with E-state index in [1.54, 1.807) is 23.6 Å². The molecule has 1 N–H and O–H groups in total. The Labute approximate surface area is 156 Å². The van der Waals surface area contributed by atoms with Gasteiger partial charge in [-0.15, -0.1) is 10.2 Å². The van der Waals surface area contributed by atoms with Gasteiger partial charge in [0.25, 0.3) is 5.91 Å². The van der Waals surface area contributed by atoms with Crippen LogP contribution in [0.15, 0.2) is 12.3 Å². The molecule has 7 nitrogen and oxygen atoms in total. The van der Waals surface area contributed by atoms with Crippen LogP contribution in [-0.4, -0.2) is 32.1 Å². The summed E-state index contributed by atoms with van der Waals surface area (Å²) in [6, 6.07) is 1.59. The molecule has 1 atom stereocenters. The molecule has 1 aliphatic heterocycles. The van der Waals surface area contributed by atoms with Crippen molar-refractivity contribution in [3.63, 3.8) is 0 Å². The van der Waals surface area contributed by atoms with Crippen LogP contribution in [0.2, 0.25) is 10.0 Å². The van der Waals surface area contributed by atoms with E-state index >= 15 is 0 Å². The summed E-state index contributed by atoms with van der Waals surface area (Å²) >= 11 is 13.5. The van der Waals surface area contributed by atoms with Crippen LogP contribution < -0.4 is 5.32 Å². The number of hydrogen-bond donors (Lipinski definition) is 1. The highest BCUT2D eigenvalue weighted by Crippen LogP contribution is 2.32. The molecular weight excluding hydrogens is 385 g/mol. The first kappa shape index (κ1) is 16.7. The molecule has 1 amide bonds. The number of nitrogens with one attached hydrogen (secondary N) is 1. The fraction of sp³-hybridized carbons (Fsp3) is 0.333. The topological polar surface area (TPSA) is 81.4 Å². The quantitative estimate of drug-likeness (QED) is 0.724. The van der Waals surface area contributed by atoms with Crippen molar-refractivity contribution in [1.82, 2.24) is 19.6 Å². The molecule has 3 aromatic rings. The van der Waals surface area contributed by atoms with E-state index in [2.05, 4.69) is 20.5 Å². The Balaban J connectivity index is 1.63. The van der Waals surface area contributed by atoms with Crippen LogP contribution in [0.3, 0.4) is 0 Å². The molecule has 0 bridgehead atoms. The van der Waals surface area contributed by atoms with Crippen molar-refractivity contribution >= 4 is 51.2 Å². The zero-order valence-corrected chi connectivity index (χ0v) is 15.5. The van der Waals surface area contributed by atoms with Crippen molar-refractivity contribution in [1.29, 1.82) is 0 Å². The van der Waals surface area contributed by atoms with Crippen LogP contribution in [0.4, 0.5) is 5.13 Å². The predicted molar refractivity (Wildman–Crippen MR) is 95.7 cm³/mol. The van der Waals surface area contributed by atoms with Gasteiger partial charge in [0, 0.05) is 12.8 Å². The number of ether oxygens (including phenoxy) is 1. The molecule has 0 aliphatic carbocycles. The zero-order valence-electron chi connectivity index (χ0n) is 13.1. The number of pyridine rings is 1. The summed E-state index contributed by atoms with van der Waals surface area (Å²) in [4.78, 5) is 17.1. The van der Waals surface area contributed by atoms with Crippen molar-refractivity contribution in [2.75, 3.05) is 11.9 Å². The number of aromatic nitrogens is 4. The summed E-state index contributed by atoms with van der Waals surface area (Å²) in [7, 11) is 0. The maximum atomic E-state index is 12.7. The second-order valence-electron chi connectivity index (χ2n) is 5.65. The van der Waals surface area contributed by atoms with Crippen molar-refractivity contribution in [2.24, 2.45) is 0 Å². The molecule has 1 unspecified atom stereocenters. The number of fused-ring (bicyclic) bond motifs is 1. The van der Waals surface area contributed by atoms with Gasteiger partial charge in [0.1, 0.15) is 16.8 Å². The standard InChI is InChI=1S/C15H13Cl2N5O2S/c1-7-11(22-6-8(16)5-9(17)12(22)18-7)13(23)19-15-21-20-14(25-15)10-3-2-4-24-10/h5-6,10H,2-4H2,1H3,(H,19,21,23). The zero-order chi connectivity index (χ0) is 17.6. The van der Waals surface area contributed by atoms with Crippen molar-refractivity contribution in [3.05, 3.63) is 38.7 Å². The van der Waals surface area contributed by atoms with Gasteiger partial charge in [0.05, 0.1) is 15.7 Å². The lowest BCUT2D eigenvalue weighted by molar-refractivity contribution is 0.102. The number of rotatable bonds is 3. The number of carbonyl (C=O) groups is 1. The van der Waals surface area contributed by atoms with Crippen LogP contribution in [0.25, 0.3) is 5.65 Å². The number of imidazole rings is 1. The SMILES string of the molecule is Cc1nc2c(Cl)cc(Cl)cn2c1C(=O)Nc1nnc(C2CCCO2)s1. The highest BCUT2D eigenvalue weighted by atomic mass is 35.5. The Bertz CT molecular complexity index is 964. The number of hydrogen-bond acceptors (Lipinski definition) is 6. The van der Waals surface area contributed by atoms with Gasteiger partial charge in [0.15, 0.2) is 5.65 Å². The first-order chi connectivity index (χ1) is 12.0. The normalized spacial score (nSPS) is 17.3. The van der Waals surface area contributed by atoms with Gasteiger partial charge in [-0.25, -0.2) is 4.98 Å². The number of halogens is 2. The Hall–Kier alpha value is -1.74. The highest BCUT2D eigenvalue weighted by Gasteiger charge is 2.24. The predicted octanol–water partition coefficient (Wildman–Crippen LogP) is 3.90. The monoisotopic (exact) mass is 397 g/mol. The summed E-state index contributed by atoms with van der Waals surface area (Å²) in [6.45, 7) is 2.47. The van der Waals surface area contributed by atoms with E-state index in [1.807, 2.05) is 0 Å². The molecule has 0 saturated carbocycles. The van der Waals surface area contributed by atoms with E-state index in [0.717, 1.165) is 24.5 Å². The minimum Gasteiger partial charge on any atom is -0.371 e. The van der Waals surface area contributed by atoms with Crippen LogP contribution in [0.1, 0.15) is 40.1 Å². The molecule has 0 aromatic carbocycles. The number of carbonyl (C=O) groups excluding carboxylic acids is 1. The van der Waals surface area contributed by atoms with Gasteiger partial charge in [-0.05, 0) is 25.8 Å². The average molecular weight is 398 g/mol. The fourth-order valence-corrected chi connectivity index (χ4v) is 4.14. The van der Waals surface area contributed by atoms with Gasteiger partial charge < -0.3 is 4.74 Å². The second kappa shape index (κ2) is 6.53. The molecule has 1 saturated heterocycles. The molecule has 3 aromatic heterocycles. The van der Waals surface area contributed by atoms with Crippen molar-refractivity contribution in [2.45, 2.75) is 25.9 Å². The van der Waals surface area contributed by atoms with Crippen LogP contribution >= 0.6 is 34.5 Å². The van der Waals surface area contributed by atoms with Gasteiger partial charge >= 0.3 is 0 Å². The van der Waals surface area contributed by atoms with Crippen molar-refractivity contribution in [3.8, 4) is 0 Å². The third-order valence-corrected chi connectivity index (χ3v) is 5.31. The molecule has 1 aliphatic rings. The molecule has 130 valence electrons. The number of nitrogens with zero attached hydrogens (tertiary/aromatic N) is 4. The minimum absolute atomic E-state index is 0.0294. The smallest absolute Gasteiger partial charge is 0.276 e. The van der Waals surface area contributed by atoms with Gasteiger partial charge in [0.2, 0.25) is 5.13 Å². The van der Waals surface area contributed by atoms with Crippen LogP contribution in [0, 0.1) is 6.92 Å². The molecule has 1 fully saturated rings. The number of aryl methyl sites for hydroxylation is 1. The lowest BCUT2D eigenvalue weighted by Gasteiger charge is -2.04. The van der Waals surface area contributed by atoms with Crippen LogP contribution in [0.5, 0.6) is 0 Å². The molecule has 4 heterocycles. The minimum atomic E-state index is -0.349. The Morgan fingerprint density at radius 3 is 3.04 bits per heavy atom. The van der Waals surface area contributed by atoms with E-state index in [-0.39, 0.29) is 12.0 Å². The summed E-state index contributed by atoms with van der Waals surface area (Å²) in [5, 5.41) is 12.9. The third-order valence-electron chi connectivity index (χ3n) is 3.90. The maximum Gasteiger partial charge on any atom is 0.276 e. The fourth-order valence-electron chi connectivity index (χ4n) is 2.80. The first-order valence-electron chi connectivity index (χ1n) is 7.63. The molecule has 0 radical (unpaired) electrons. The molecular formula is C15H13Cl2N5O2S. The first-order valence-corrected chi connectivity index (χ1v) is 9.20. The number of anilines is 1. The lowest BCUT2D eigenvalue weighted by atomic mass is 10.2. The highest BCUT2D eigenvalue weighted by molar-refractivity contribution is 7.15. The Kier molecular flexibility index (Phi) is 4.36. The van der Waals surface area contributed by atoms with E-state index in [1.165, 1.54) is 11.3 Å². The summed E-state index contributed by atoms with van der Waals surface area (Å²) in [5.74, 6) is -0.349. The summed E-state index contributed by atoms with van der Waals surface area (Å²) < 4.78 is 7.17. The molecule has 10 heteroatoms. The Morgan fingerprint density at radius 1 is 1.44 bits per heavy atom. The van der Waals surface area contributed by atoms with E-state index in [9.17, 15) is 4.79 Å². The third kappa shape index (κ3) is 3.10. The average Bonchev–Trinajstić information content (AvgIpc) is 3.25. The lowest BCUT2D eigenvalue weighted by Crippen LogP contribution is -2.15. The van der Waals surface area contributed by atoms with Crippen LogP contribution in [-0.2, 0) is 4.74 Å².